The molecule has 4 nitrogen and oxygen atoms in total. The minimum atomic E-state index is -0.213. The van der Waals surface area contributed by atoms with Crippen molar-refractivity contribution in [2.24, 2.45) is 0 Å². The first-order chi connectivity index (χ1) is 9.74. The Hall–Kier alpha value is -1.62. The molecule has 2 aromatic heterocycles. The van der Waals surface area contributed by atoms with Gasteiger partial charge < -0.3 is 4.74 Å². The van der Waals surface area contributed by atoms with Crippen LogP contribution in [0, 0.1) is 0 Å². The van der Waals surface area contributed by atoms with Crippen LogP contribution in [0.2, 0.25) is 0 Å². The smallest absolute Gasteiger partial charge is 0.348 e. The van der Waals surface area contributed by atoms with Crippen molar-refractivity contribution in [1.82, 2.24) is 9.78 Å². The maximum absolute atomic E-state index is 11.9. The Morgan fingerprint density at radius 3 is 3.10 bits per heavy atom. The standard InChI is InChI=1S/C15H18N2O2S/c1-3-10-9-16-17-7-5-6-12-11(14(10)17)8-13(20-12)15(18)19-4-2/h8-9H,3-7H2,1-2H3. The molecular weight excluding hydrogens is 272 g/mol. The van der Waals surface area contributed by atoms with Crippen LogP contribution >= 0.6 is 11.3 Å². The van der Waals surface area contributed by atoms with E-state index in [9.17, 15) is 4.79 Å². The van der Waals surface area contributed by atoms with E-state index in [4.69, 9.17) is 4.74 Å². The summed E-state index contributed by atoms with van der Waals surface area (Å²) in [7, 11) is 0. The average Bonchev–Trinajstić information content (AvgIpc) is 2.99. The zero-order chi connectivity index (χ0) is 14.1. The Balaban J connectivity index is 2.09. The molecular formula is C15H18N2O2S. The Morgan fingerprint density at radius 1 is 1.50 bits per heavy atom. The highest BCUT2D eigenvalue weighted by molar-refractivity contribution is 7.14. The highest BCUT2D eigenvalue weighted by Gasteiger charge is 2.23. The minimum absolute atomic E-state index is 0.213. The third kappa shape index (κ3) is 2.16. The number of hydrogen-bond donors (Lipinski definition) is 0. The van der Waals surface area contributed by atoms with Crippen LogP contribution in [-0.4, -0.2) is 22.4 Å². The molecule has 1 aliphatic rings. The first-order valence-corrected chi connectivity index (χ1v) is 7.91. The van der Waals surface area contributed by atoms with Gasteiger partial charge in [-0.25, -0.2) is 4.79 Å². The lowest BCUT2D eigenvalue weighted by molar-refractivity contribution is 0.0532. The van der Waals surface area contributed by atoms with Crippen LogP contribution < -0.4 is 0 Å². The molecule has 0 N–H and O–H groups in total. The molecule has 0 aromatic carbocycles. The van der Waals surface area contributed by atoms with E-state index < -0.39 is 0 Å². The van der Waals surface area contributed by atoms with Crippen molar-refractivity contribution in [1.29, 1.82) is 0 Å². The van der Waals surface area contributed by atoms with Crippen LogP contribution in [0.15, 0.2) is 12.3 Å². The van der Waals surface area contributed by atoms with Crippen molar-refractivity contribution in [3.05, 3.63) is 27.6 Å². The maximum atomic E-state index is 11.9. The fourth-order valence-electron chi connectivity index (χ4n) is 2.67. The van der Waals surface area contributed by atoms with Crippen LogP contribution in [0.5, 0.6) is 0 Å². The molecule has 3 heterocycles. The van der Waals surface area contributed by atoms with Crippen molar-refractivity contribution in [3.63, 3.8) is 0 Å². The number of nitrogens with zero attached hydrogens (tertiary/aromatic N) is 2. The summed E-state index contributed by atoms with van der Waals surface area (Å²) < 4.78 is 7.19. The summed E-state index contributed by atoms with van der Waals surface area (Å²) in [5.74, 6) is -0.213. The average molecular weight is 290 g/mol. The number of ether oxygens (including phenoxy) is 1. The van der Waals surface area contributed by atoms with E-state index in [2.05, 4.69) is 16.7 Å². The lowest BCUT2D eigenvalue weighted by atomic mass is 10.1. The van der Waals surface area contributed by atoms with Crippen LogP contribution in [0.1, 0.15) is 40.4 Å². The molecule has 5 heteroatoms. The predicted molar refractivity (Wildman–Crippen MR) is 79.2 cm³/mol. The Bertz CT molecular complexity index is 642. The number of aryl methyl sites for hydroxylation is 3. The summed E-state index contributed by atoms with van der Waals surface area (Å²) in [5, 5.41) is 4.48. The van der Waals surface area contributed by atoms with Crippen LogP contribution in [0.25, 0.3) is 11.3 Å². The number of esters is 1. The van der Waals surface area contributed by atoms with Gasteiger partial charge in [0.15, 0.2) is 0 Å². The van der Waals surface area contributed by atoms with Gasteiger partial charge in [-0.2, -0.15) is 5.10 Å². The number of thiophene rings is 1. The monoisotopic (exact) mass is 290 g/mol. The molecule has 0 spiro atoms. The predicted octanol–water partition coefficient (Wildman–Crippen LogP) is 3.30. The van der Waals surface area contributed by atoms with Crippen molar-refractivity contribution in [2.75, 3.05) is 6.61 Å². The quantitative estimate of drug-likeness (QED) is 0.815. The van der Waals surface area contributed by atoms with Crippen LogP contribution in [0.4, 0.5) is 0 Å². The van der Waals surface area contributed by atoms with Gasteiger partial charge in [0.1, 0.15) is 4.88 Å². The first kappa shape index (κ1) is 13.4. The lowest BCUT2D eigenvalue weighted by Crippen LogP contribution is -2.03. The third-order valence-corrected chi connectivity index (χ3v) is 4.79. The molecule has 0 atom stereocenters. The van der Waals surface area contributed by atoms with E-state index >= 15 is 0 Å². The Labute approximate surface area is 122 Å². The van der Waals surface area contributed by atoms with Crippen molar-refractivity contribution < 1.29 is 9.53 Å². The van der Waals surface area contributed by atoms with Gasteiger partial charge in [-0.15, -0.1) is 11.3 Å². The second kappa shape index (κ2) is 5.40. The largest absolute Gasteiger partial charge is 0.462 e. The van der Waals surface area contributed by atoms with E-state index in [0.717, 1.165) is 25.8 Å². The number of hydrogen-bond acceptors (Lipinski definition) is 4. The molecule has 0 unspecified atom stereocenters. The second-order valence-electron chi connectivity index (χ2n) is 4.87. The van der Waals surface area contributed by atoms with Crippen LogP contribution in [-0.2, 0) is 24.1 Å². The summed E-state index contributed by atoms with van der Waals surface area (Å²) in [5.41, 5.74) is 3.61. The summed E-state index contributed by atoms with van der Waals surface area (Å²) in [6, 6.07) is 1.98. The van der Waals surface area contributed by atoms with Gasteiger partial charge in [0.25, 0.3) is 0 Å². The summed E-state index contributed by atoms with van der Waals surface area (Å²) >= 11 is 1.57. The second-order valence-corrected chi connectivity index (χ2v) is 6.00. The molecule has 0 radical (unpaired) electrons. The van der Waals surface area contributed by atoms with Crippen molar-refractivity contribution in [3.8, 4) is 11.3 Å². The van der Waals surface area contributed by atoms with Crippen molar-refractivity contribution in [2.45, 2.75) is 39.7 Å². The number of aromatic nitrogens is 2. The maximum Gasteiger partial charge on any atom is 0.348 e. The number of fused-ring (bicyclic) bond motifs is 3. The van der Waals surface area contributed by atoms with E-state index in [1.807, 2.05) is 19.2 Å². The fraction of sp³-hybridized carbons (Fsp3) is 0.467. The lowest BCUT2D eigenvalue weighted by Gasteiger charge is -2.04. The normalized spacial score (nSPS) is 13.5. The Kier molecular flexibility index (Phi) is 3.61. The van der Waals surface area contributed by atoms with E-state index in [1.165, 1.54) is 21.7 Å². The molecule has 0 aliphatic carbocycles. The molecule has 1 aliphatic heterocycles. The Morgan fingerprint density at radius 2 is 2.35 bits per heavy atom. The summed E-state index contributed by atoms with van der Waals surface area (Å²) in [6.07, 6.45) is 4.98. The SMILES string of the molecule is CCOC(=O)c1cc2c(s1)CCCn1ncc(CC)c1-2. The van der Waals surface area contributed by atoms with Gasteiger partial charge in [-0.3, -0.25) is 4.68 Å². The zero-order valence-electron chi connectivity index (χ0n) is 11.8. The molecule has 20 heavy (non-hydrogen) atoms. The topological polar surface area (TPSA) is 44.1 Å². The molecule has 0 saturated heterocycles. The highest BCUT2D eigenvalue weighted by Crippen LogP contribution is 2.37. The number of carbonyl (C=O) groups excluding carboxylic acids is 1. The van der Waals surface area contributed by atoms with Gasteiger partial charge in [-0.05, 0) is 37.8 Å². The highest BCUT2D eigenvalue weighted by atomic mass is 32.1. The van der Waals surface area contributed by atoms with Crippen LogP contribution in [0.3, 0.4) is 0 Å². The van der Waals surface area contributed by atoms with E-state index in [1.54, 1.807) is 11.3 Å². The molecule has 2 aromatic rings. The summed E-state index contributed by atoms with van der Waals surface area (Å²) in [4.78, 5) is 13.9. The van der Waals surface area contributed by atoms with Gasteiger partial charge in [0.2, 0.25) is 0 Å². The summed E-state index contributed by atoms with van der Waals surface area (Å²) in [6.45, 7) is 5.34. The number of rotatable bonds is 3. The van der Waals surface area contributed by atoms with Crippen molar-refractivity contribution >= 4 is 17.3 Å². The molecule has 0 bridgehead atoms. The van der Waals surface area contributed by atoms with Gasteiger partial charge in [0.05, 0.1) is 18.5 Å². The molecule has 0 fully saturated rings. The number of carbonyl (C=O) groups is 1. The molecule has 0 saturated carbocycles. The zero-order valence-corrected chi connectivity index (χ0v) is 12.6. The molecule has 0 amide bonds. The molecule has 3 rings (SSSR count). The fourth-order valence-corrected chi connectivity index (χ4v) is 3.77. The third-order valence-electron chi connectivity index (χ3n) is 3.61. The van der Waals surface area contributed by atoms with E-state index in [0.29, 0.717) is 11.5 Å². The molecule has 106 valence electrons. The van der Waals surface area contributed by atoms with Gasteiger partial charge in [-0.1, -0.05) is 6.92 Å². The van der Waals surface area contributed by atoms with Gasteiger partial charge >= 0.3 is 5.97 Å². The minimum Gasteiger partial charge on any atom is -0.462 e. The first-order valence-electron chi connectivity index (χ1n) is 7.09. The van der Waals surface area contributed by atoms with Gasteiger partial charge in [0, 0.05) is 17.0 Å². The van der Waals surface area contributed by atoms with E-state index in [-0.39, 0.29) is 5.97 Å².